The summed E-state index contributed by atoms with van der Waals surface area (Å²) in [6.07, 6.45) is 5.19. The molecule has 0 bridgehead atoms. The topological polar surface area (TPSA) is 68.0 Å². The third-order valence-corrected chi connectivity index (χ3v) is 3.29. The predicted octanol–water partition coefficient (Wildman–Crippen LogP) is 1.15. The molecule has 1 amide bonds. The van der Waals surface area contributed by atoms with E-state index in [1.54, 1.807) is 17.1 Å². The van der Waals surface area contributed by atoms with Gasteiger partial charge in [-0.15, -0.1) is 0 Å². The van der Waals surface area contributed by atoms with Gasteiger partial charge in [0, 0.05) is 24.6 Å². The van der Waals surface area contributed by atoms with Crippen LogP contribution in [-0.2, 0) is 11.3 Å². The third kappa shape index (κ3) is 3.91. The lowest BCUT2D eigenvalue weighted by Gasteiger charge is -2.13. The number of hydrogen-bond donors (Lipinski definition) is 1. The monoisotopic (exact) mass is 290 g/mol. The van der Waals surface area contributed by atoms with Crippen molar-refractivity contribution in [2.75, 3.05) is 26.0 Å². The minimum absolute atomic E-state index is 0.103. The summed E-state index contributed by atoms with van der Waals surface area (Å²) in [7, 11) is 4.03. The van der Waals surface area contributed by atoms with Crippen LogP contribution >= 0.6 is 0 Å². The highest BCUT2D eigenvalue weighted by atomic mass is 16.2. The first-order chi connectivity index (χ1) is 9.97. The summed E-state index contributed by atoms with van der Waals surface area (Å²) >= 11 is 0. The van der Waals surface area contributed by atoms with Crippen LogP contribution in [0.25, 0.3) is 0 Å². The van der Waals surface area contributed by atoms with Gasteiger partial charge in [0.05, 0.1) is 18.4 Å². The average molecular weight is 290 g/mol. The molecule has 7 heteroatoms. The molecule has 0 aromatic carbocycles. The molecule has 2 heterocycles. The van der Waals surface area contributed by atoms with E-state index in [1.807, 2.05) is 44.9 Å². The molecule has 0 aliphatic heterocycles. The zero-order valence-electron chi connectivity index (χ0n) is 12.9. The SMILES string of the molecule is Cc1ccnn1C(C)C(=O)Nc1cnn(CCN(C)C)c1. The average Bonchev–Trinajstić information content (AvgIpc) is 3.04. The number of hydrogen-bond acceptors (Lipinski definition) is 4. The molecule has 0 radical (unpaired) electrons. The molecule has 2 rings (SSSR count). The van der Waals surface area contributed by atoms with Crippen molar-refractivity contribution in [3.05, 3.63) is 30.4 Å². The predicted molar refractivity (Wildman–Crippen MR) is 81.1 cm³/mol. The fourth-order valence-electron chi connectivity index (χ4n) is 2.00. The molecule has 2 aromatic rings. The van der Waals surface area contributed by atoms with E-state index in [9.17, 15) is 4.79 Å². The zero-order valence-corrected chi connectivity index (χ0v) is 12.9. The summed E-state index contributed by atoms with van der Waals surface area (Å²) in [5.74, 6) is -0.103. The second-order valence-corrected chi connectivity index (χ2v) is 5.38. The van der Waals surface area contributed by atoms with Gasteiger partial charge >= 0.3 is 0 Å². The summed E-state index contributed by atoms with van der Waals surface area (Å²) in [5.41, 5.74) is 1.66. The maximum absolute atomic E-state index is 12.2. The van der Waals surface area contributed by atoms with Crippen molar-refractivity contribution in [2.24, 2.45) is 0 Å². The molecule has 1 N–H and O–H groups in total. The minimum Gasteiger partial charge on any atom is -0.322 e. The summed E-state index contributed by atoms with van der Waals surface area (Å²) < 4.78 is 3.52. The standard InChI is InChI=1S/C14H22N6O/c1-11-5-6-15-20(11)12(2)14(21)17-13-9-16-19(10-13)8-7-18(3)4/h5-6,9-10,12H,7-8H2,1-4H3,(H,17,21). The van der Waals surface area contributed by atoms with Gasteiger partial charge in [-0.05, 0) is 34.0 Å². The molecular formula is C14H22N6O. The normalized spacial score (nSPS) is 12.6. The van der Waals surface area contributed by atoms with Crippen molar-refractivity contribution in [3.63, 3.8) is 0 Å². The van der Waals surface area contributed by atoms with Gasteiger partial charge in [-0.3, -0.25) is 14.2 Å². The molecule has 0 aliphatic carbocycles. The number of carbonyl (C=O) groups excluding carboxylic acids is 1. The van der Waals surface area contributed by atoms with Gasteiger partial charge < -0.3 is 10.2 Å². The first-order valence-corrected chi connectivity index (χ1v) is 6.95. The molecule has 2 aromatic heterocycles. The number of aryl methyl sites for hydroxylation is 1. The summed E-state index contributed by atoms with van der Waals surface area (Å²) in [5, 5.41) is 11.3. The van der Waals surface area contributed by atoms with E-state index in [0.717, 1.165) is 18.8 Å². The number of aromatic nitrogens is 4. The molecule has 21 heavy (non-hydrogen) atoms. The number of likely N-dealkylation sites (N-methyl/N-ethyl adjacent to an activating group) is 1. The second kappa shape index (κ2) is 6.53. The Morgan fingerprint density at radius 1 is 1.43 bits per heavy atom. The lowest BCUT2D eigenvalue weighted by Crippen LogP contribution is -2.25. The maximum atomic E-state index is 12.2. The Hall–Kier alpha value is -2.15. The Labute approximate surface area is 124 Å². The van der Waals surface area contributed by atoms with Crippen LogP contribution in [0.15, 0.2) is 24.7 Å². The minimum atomic E-state index is -0.356. The van der Waals surface area contributed by atoms with E-state index in [4.69, 9.17) is 0 Å². The van der Waals surface area contributed by atoms with Gasteiger partial charge in [-0.2, -0.15) is 10.2 Å². The van der Waals surface area contributed by atoms with Crippen LogP contribution in [0.5, 0.6) is 0 Å². The van der Waals surface area contributed by atoms with Crippen LogP contribution in [0.4, 0.5) is 5.69 Å². The summed E-state index contributed by atoms with van der Waals surface area (Å²) in [6.45, 7) is 5.44. The van der Waals surface area contributed by atoms with E-state index >= 15 is 0 Å². The van der Waals surface area contributed by atoms with Crippen molar-refractivity contribution in [2.45, 2.75) is 26.4 Å². The van der Waals surface area contributed by atoms with Gasteiger partial charge in [0.2, 0.25) is 5.91 Å². The van der Waals surface area contributed by atoms with Crippen LogP contribution < -0.4 is 5.32 Å². The molecule has 0 aliphatic rings. The van der Waals surface area contributed by atoms with Gasteiger partial charge in [0.1, 0.15) is 6.04 Å². The molecule has 0 fully saturated rings. The number of amides is 1. The van der Waals surface area contributed by atoms with Gasteiger partial charge in [-0.1, -0.05) is 0 Å². The van der Waals surface area contributed by atoms with Crippen LogP contribution in [0.1, 0.15) is 18.7 Å². The Kier molecular flexibility index (Phi) is 4.74. The number of carbonyl (C=O) groups is 1. The third-order valence-electron chi connectivity index (χ3n) is 3.29. The van der Waals surface area contributed by atoms with E-state index in [2.05, 4.69) is 20.4 Å². The van der Waals surface area contributed by atoms with Crippen LogP contribution in [-0.4, -0.2) is 51.0 Å². The number of anilines is 1. The fraction of sp³-hybridized carbons (Fsp3) is 0.500. The van der Waals surface area contributed by atoms with Crippen molar-refractivity contribution in [1.82, 2.24) is 24.5 Å². The highest BCUT2D eigenvalue weighted by Gasteiger charge is 2.17. The van der Waals surface area contributed by atoms with E-state index in [-0.39, 0.29) is 11.9 Å². The van der Waals surface area contributed by atoms with E-state index < -0.39 is 0 Å². The fourth-order valence-corrected chi connectivity index (χ4v) is 2.00. The summed E-state index contributed by atoms with van der Waals surface area (Å²) in [6, 6.07) is 1.52. The smallest absolute Gasteiger partial charge is 0.249 e. The largest absolute Gasteiger partial charge is 0.322 e. The molecule has 0 saturated heterocycles. The molecular weight excluding hydrogens is 268 g/mol. The van der Waals surface area contributed by atoms with Crippen molar-refractivity contribution in [3.8, 4) is 0 Å². The molecule has 1 unspecified atom stereocenters. The van der Waals surface area contributed by atoms with E-state index in [1.165, 1.54) is 0 Å². The number of nitrogens with one attached hydrogen (secondary N) is 1. The first kappa shape index (κ1) is 15.2. The van der Waals surface area contributed by atoms with Crippen molar-refractivity contribution < 1.29 is 4.79 Å². The molecule has 0 spiro atoms. The molecule has 114 valence electrons. The Morgan fingerprint density at radius 3 is 2.81 bits per heavy atom. The van der Waals surface area contributed by atoms with Crippen LogP contribution in [0.2, 0.25) is 0 Å². The second-order valence-electron chi connectivity index (χ2n) is 5.38. The molecule has 7 nitrogen and oxygen atoms in total. The summed E-state index contributed by atoms with van der Waals surface area (Å²) in [4.78, 5) is 14.3. The van der Waals surface area contributed by atoms with Crippen LogP contribution in [0.3, 0.4) is 0 Å². The van der Waals surface area contributed by atoms with Crippen LogP contribution in [0, 0.1) is 6.92 Å². The number of nitrogens with zero attached hydrogens (tertiary/aromatic N) is 5. The van der Waals surface area contributed by atoms with Gasteiger partial charge in [0.15, 0.2) is 0 Å². The highest BCUT2D eigenvalue weighted by molar-refractivity contribution is 5.93. The first-order valence-electron chi connectivity index (χ1n) is 6.95. The Bertz CT molecular complexity index is 600. The zero-order chi connectivity index (χ0) is 15.4. The Balaban J connectivity index is 1.95. The van der Waals surface area contributed by atoms with Gasteiger partial charge in [-0.25, -0.2) is 0 Å². The highest BCUT2D eigenvalue weighted by Crippen LogP contribution is 2.12. The molecule has 1 atom stereocenters. The molecule has 0 saturated carbocycles. The van der Waals surface area contributed by atoms with Crippen molar-refractivity contribution >= 4 is 11.6 Å². The quantitative estimate of drug-likeness (QED) is 0.866. The van der Waals surface area contributed by atoms with Gasteiger partial charge in [0.25, 0.3) is 0 Å². The Morgan fingerprint density at radius 2 is 2.19 bits per heavy atom. The van der Waals surface area contributed by atoms with Crippen molar-refractivity contribution in [1.29, 1.82) is 0 Å². The van der Waals surface area contributed by atoms with E-state index in [0.29, 0.717) is 5.69 Å². The maximum Gasteiger partial charge on any atom is 0.249 e. The number of rotatable bonds is 6. The lowest BCUT2D eigenvalue weighted by molar-refractivity contribution is -0.119. The lowest BCUT2D eigenvalue weighted by atomic mass is 10.3.